The van der Waals surface area contributed by atoms with Crippen LogP contribution in [-0.2, 0) is 9.84 Å². The van der Waals surface area contributed by atoms with E-state index in [4.69, 9.17) is 10.6 Å². The molecule has 2 rings (SSSR count). The fraction of sp³-hybridized carbons (Fsp3) is 0.600. The molecule has 6 heteroatoms. The van der Waals surface area contributed by atoms with Crippen LogP contribution in [0.15, 0.2) is 24.3 Å². The summed E-state index contributed by atoms with van der Waals surface area (Å²) in [6.07, 6.45) is 3.29. The Labute approximate surface area is 126 Å². The van der Waals surface area contributed by atoms with Crippen molar-refractivity contribution in [1.29, 1.82) is 0 Å². The van der Waals surface area contributed by atoms with Crippen LogP contribution in [0, 0.1) is 0 Å². The summed E-state index contributed by atoms with van der Waals surface area (Å²) in [5.74, 6) is 6.68. The Morgan fingerprint density at radius 2 is 2.05 bits per heavy atom. The van der Waals surface area contributed by atoms with Crippen molar-refractivity contribution in [3.8, 4) is 5.75 Å². The smallest absolute Gasteiger partial charge is 0.155 e. The zero-order valence-electron chi connectivity index (χ0n) is 12.4. The number of hydrazine groups is 1. The molecule has 3 N–H and O–H groups in total. The lowest BCUT2D eigenvalue weighted by Gasteiger charge is -2.30. The molecular formula is C15H24N2O3S. The quantitative estimate of drug-likeness (QED) is 0.620. The zero-order valence-corrected chi connectivity index (χ0v) is 13.2. The first-order chi connectivity index (χ1) is 10.1. The maximum Gasteiger partial charge on any atom is 0.155 e. The van der Waals surface area contributed by atoms with Gasteiger partial charge in [-0.1, -0.05) is 25.5 Å². The van der Waals surface area contributed by atoms with Crippen molar-refractivity contribution in [2.24, 2.45) is 5.84 Å². The van der Waals surface area contributed by atoms with Crippen LogP contribution in [0.1, 0.15) is 44.2 Å². The molecule has 1 aromatic carbocycles. The Morgan fingerprint density at radius 3 is 2.62 bits per heavy atom. The summed E-state index contributed by atoms with van der Waals surface area (Å²) in [6, 6.07) is 7.14. The normalized spacial score (nSPS) is 22.7. The molecule has 0 bridgehead atoms. The molecule has 0 aromatic heterocycles. The molecule has 0 radical (unpaired) electrons. The number of hydrogen-bond donors (Lipinski definition) is 2. The van der Waals surface area contributed by atoms with E-state index in [1.54, 1.807) is 0 Å². The van der Waals surface area contributed by atoms with Crippen molar-refractivity contribution < 1.29 is 13.2 Å². The molecule has 0 saturated carbocycles. The average molecular weight is 312 g/mol. The van der Waals surface area contributed by atoms with E-state index < -0.39 is 15.1 Å². The van der Waals surface area contributed by atoms with Crippen molar-refractivity contribution in [2.75, 3.05) is 12.4 Å². The standard InChI is InChI=1S/C15H24N2O3S/c1-2-10-20-13-8-6-12(7-9-13)15(17-16)14-5-3-4-11-21(14,18)19/h6-9,14-15,17H,2-5,10-11,16H2,1H3. The molecule has 0 amide bonds. The highest BCUT2D eigenvalue weighted by molar-refractivity contribution is 7.92. The van der Waals surface area contributed by atoms with Gasteiger partial charge in [0.25, 0.3) is 0 Å². The van der Waals surface area contributed by atoms with Gasteiger partial charge in [0.2, 0.25) is 0 Å². The van der Waals surface area contributed by atoms with E-state index >= 15 is 0 Å². The van der Waals surface area contributed by atoms with Gasteiger partial charge in [-0.3, -0.25) is 11.3 Å². The molecule has 21 heavy (non-hydrogen) atoms. The molecule has 1 aliphatic rings. The number of nitrogens with one attached hydrogen (secondary N) is 1. The first-order valence-corrected chi connectivity index (χ1v) is 9.20. The molecule has 1 fully saturated rings. The molecule has 1 saturated heterocycles. The van der Waals surface area contributed by atoms with E-state index in [1.165, 1.54) is 0 Å². The highest BCUT2D eigenvalue weighted by atomic mass is 32.2. The molecule has 1 aliphatic heterocycles. The minimum atomic E-state index is -3.08. The van der Waals surface area contributed by atoms with E-state index in [0.29, 0.717) is 13.0 Å². The fourth-order valence-electron chi connectivity index (χ4n) is 2.76. The van der Waals surface area contributed by atoms with Gasteiger partial charge in [0.1, 0.15) is 5.75 Å². The second-order valence-electron chi connectivity index (χ2n) is 5.46. The summed E-state index contributed by atoms with van der Waals surface area (Å²) in [6.45, 7) is 2.73. The number of hydrogen-bond acceptors (Lipinski definition) is 5. The van der Waals surface area contributed by atoms with Gasteiger partial charge in [0, 0.05) is 0 Å². The van der Waals surface area contributed by atoms with E-state index in [0.717, 1.165) is 30.6 Å². The summed E-state index contributed by atoms with van der Waals surface area (Å²) in [4.78, 5) is 0. The number of sulfone groups is 1. The molecule has 5 nitrogen and oxygen atoms in total. The number of rotatable bonds is 6. The zero-order chi connectivity index (χ0) is 15.3. The van der Waals surface area contributed by atoms with Crippen molar-refractivity contribution in [2.45, 2.75) is 43.9 Å². The molecule has 0 spiro atoms. The van der Waals surface area contributed by atoms with Crippen LogP contribution in [0.25, 0.3) is 0 Å². The minimum absolute atomic E-state index is 0.257. The third-order valence-electron chi connectivity index (χ3n) is 3.89. The molecule has 1 aromatic rings. The predicted molar refractivity (Wildman–Crippen MR) is 83.7 cm³/mol. The third-order valence-corrected chi connectivity index (χ3v) is 6.18. The first-order valence-electron chi connectivity index (χ1n) is 7.49. The summed E-state index contributed by atoms with van der Waals surface area (Å²) in [7, 11) is -3.08. The topological polar surface area (TPSA) is 81.4 Å². The lowest BCUT2D eigenvalue weighted by molar-refractivity contribution is 0.317. The van der Waals surface area contributed by atoms with Gasteiger partial charge < -0.3 is 4.74 Å². The van der Waals surface area contributed by atoms with Gasteiger partial charge in [-0.15, -0.1) is 0 Å². The maximum absolute atomic E-state index is 12.2. The molecular weight excluding hydrogens is 288 g/mol. The second-order valence-corrected chi connectivity index (χ2v) is 7.80. The van der Waals surface area contributed by atoms with Gasteiger partial charge in [-0.25, -0.2) is 8.42 Å². The van der Waals surface area contributed by atoms with Gasteiger partial charge >= 0.3 is 0 Å². The summed E-state index contributed by atoms with van der Waals surface area (Å²) in [5, 5.41) is -0.446. The van der Waals surface area contributed by atoms with E-state index in [1.807, 2.05) is 24.3 Å². The van der Waals surface area contributed by atoms with Gasteiger partial charge in [-0.05, 0) is 37.0 Å². The lowest BCUT2D eigenvalue weighted by Crippen LogP contribution is -2.43. The predicted octanol–water partition coefficient (Wildman–Crippen LogP) is 1.95. The van der Waals surface area contributed by atoms with E-state index in [2.05, 4.69) is 12.3 Å². The maximum atomic E-state index is 12.2. The van der Waals surface area contributed by atoms with Gasteiger partial charge in [0.05, 0.1) is 23.7 Å². The van der Waals surface area contributed by atoms with Crippen molar-refractivity contribution in [1.82, 2.24) is 5.43 Å². The van der Waals surface area contributed by atoms with Crippen molar-refractivity contribution in [3.63, 3.8) is 0 Å². The average Bonchev–Trinajstić information content (AvgIpc) is 2.48. The monoisotopic (exact) mass is 312 g/mol. The molecule has 118 valence electrons. The van der Waals surface area contributed by atoms with Crippen LogP contribution in [0.2, 0.25) is 0 Å². The van der Waals surface area contributed by atoms with Crippen LogP contribution in [0.4, 0.5) is 0 Å². The SMILES string of the molecule is CCCOc1ccc(C(NN)C2CCCCS2(=O)=O)cc1. The van der Waals surface area contributed by atoms with E-state index in [-0.39, 0.29) is 11.8 Å². The Hall–Kier alpha value is -1.11. The lowest BCUT2D eigenvalue weighted by atomic mass is 10.00. The molecule has 2 unspecified atom stereocenters. The van der Waals surface area contributed by atoms with Gasteiger partial charge in [0.15, 0.2) is 9.84 Å². The van der Waals surface area contributed by atoms with Crippen molar-refractivity contribution >= 4 is 9.84 Å². The third kappa shape index (κ3) is 3.96. The van der Waals surface area contributed by atoms with E-state index in [9.17, 15) is 8.42 Å². The summed E-state index contributed by atoms with van der Waals surface area (Å²) in [5.41, 5.74) is 3.57. The van der Waals surface area contributed by atoms with Crippen molar-refractivity contribution in [3.05, 3.63) is 29.8 Å². The number of nitrogens with two attached hydrogens (primary N) is 1. The first kappa shape index (κ1) is 16.3. The second kappa shape index (κ2) is 7.24. The molecule has 2 atom stereocenters. The van der Waals surface area contributed by atoms with Crippen LogP contribution < -0.4 is 16.0 Å². The Balaban J connectivity index is 2.17. The van der Waals surface area contributed by atoms with Crippen LogP contribution >= 0.6 is 0 Å². The number of ether oxygens (including phenoxy) is 1. The Morgan fingerprint density at radius 1 is 1.33 bits per heavy atom. The largest absolute Gasteiger partial charge is 0.494 e. The minimum Gasteiger partial charge on any atom is -0.494 e. The summed E-state index contributed by atoms with van der Waals surface area (Å²) >= 11 is 0. The molecule has 1 heterocycles. The Kier molecular flexibility index (Phi) is 5.61. The van der Waals surface area contributed by atoms with Gasteiger partial charge in [-0.2, -0.15) is 0 Å². The highest BCUT2D eigenvalue weighted by Gasteiger charge is 2.35. The Bertz CT molecular complexity index is 543. The van der Waals surface area contributed by atoms with Crippen LogP contribution in [0.3, 0.4) is 0 Å². The van der Waals surface area contributed by atoms with Crippen LogP contribution in [0.5, 0.6) is 5.75 Å². The summed E-state index contributed by atoms with van der Waals surface area (Å²) < 4.78 is 30.0. The number of benzene rings is 1. The van der Waals surface area contributed by atoms with Crippen LogP contribution in [-0.4, -0.2) is 26.0 Å². The molecule has 0 aliphatic carbocycles. The highest BCUT2D eigenvalue weighted by Crippen LogP contribution is 2.31. The fourth-order valence-corrected chi connectivity index (χ4v) is 4.85.